The van der Waals surface area contributed by atoms with Gasteiger partial charge in [0.25, 0.3) is 0 Å². The molecule has 18 heavy (non-hydrogen) atoms. The third kappa shape index (κ3) is 2.36. The highest BCUT2D eigenvalue weighted by Gasteiger charge is 2.14. The summed E-state index contributed by atoms with van der Waals surface area (Å²) >= 11 is 5.95. The zero-order chi connectivity index (χ0) is 13.3. The first kappa shape index (κ1) is 12.6. The molecule has 92 valence electrons. The number of hydrogen-bond acceptors (Lipinski definition) is 2. The standard InChI is InChI=1S/C14H11ClFNO/c1-8-2-3-9(6-13(8)16)14(18)11-5-4-10(17)7-12(11)15/h2-7H,17H2,1H3. The predicted octanol–water partition coefficient (Wildman–Crippen LogP) is 3.60. The molecule has 0 aromatic heterocycles. The van der Waals surface area contributed by atoms with Crippen LogP contribution in [0.3, 0.4) is 0 Å². The van der Waals surface area contributed by atoms with Crippen molar-refractivity contribution in [2.45, 2.75) is 6.92 Å². The second-order valence-electron chi connectivity index (χ2n) is 4.03. The summed E-state index contributed by atoms with van der Waals surface area (Å²) in [7, 11) is 0. The lowest BCUT2D eigenvalue weighted by Crippen LogP contribution is -2.03. The minimum atomic E-state index is -0.410. The van der Waals surface area contributed by atoms with Crippen LogP contribution in [0.15, 0.2) is 36.4 Å². The maximum absolute atomic E-state index is 13.4. The van der Waals surface area contributed by atoms with Gasteiger partial charge >= 0.3 is 0 Å². The first-order chi connectivity index (χ1) is 8.49. The number of rotatable bonds is 2. The quantitative estimate of drug-likeness (QED) is 0.664. The van der Waals surface area contributed by atoms with Crippen LogP contribution in [0.1, 0.15) is 21.5 Å². The van der Waals surface area contributed by atoms with Gasteiger partial charge in [-0.2, -0.15) is 0 Å². The number of ketones is 1. The van der Waals surface area contributed by atoms with Crippen molar-refractivity contribution >= 4 is 23.1 Å². The van der Waals surface area contributed by atoms with Crippen molar-refractivity contribution in [3.05, 3.63) is 63.9 Å². The highest BCUT2D eigenvalue weighted by atomic mass is 35.5. The molecule has 2 aromatic carbocycles. The molecule has 0 spiro atoms. The summed E-state index contributed by atoms with van der Waals surface area (Å²) < 4.78 is 13.4. The van der Waals surface area contributed by atoms with Gasteiger partial charge in [0.2, 0.25) is 0 Å². The minimum Gasteiger partial charge on any atom is -0.399 e. The molecule has 0 amide bonds. The molecule has 0 saturated carbocycles. The summed E-state index contributed by atoms with van der Waals surface area (Å²) in [6.07, 6.45) is 0. The van der Waals surface area contributed by atoms with E-state index in [1.807, 2.05) is 0 Å². The zero-order valence-electron chi connectivity index (χ0n) is 9.71. The number of hydrogen-bond donors (Lipinski definition) is 1. The molecular formula is C14H11ClFNO. The van der Waals surface area contributed by atoms with Crippen LogP contribution in [0.25, 0.3) is 0 Å². The number of carbonyl (C=O) groups is 1. The number of anilines is 1. The van der Waals surface area contributed by atoms with Crippen molar-refractivity contribution in [2.75, 3.05) is 5.73 Å². The molecule has 0 aliphatic rings. The predicted molar refractivity (Wildman–Crippen MR) is 70.4 cm³/mol. The lowest BCUT2D eigenvalue weighted by molar-refractivity contribution is 0.103. The Morgan fingerprint density at radius 1 is 1.22 bits per heavy atom. The highest BCUT2D eigenvalue weighted by molar-refractivity contribution is 6.35. The molecule has 0 aliphatic heterocycles. The lowest BCUT2D eigenvalue weighted by atomic mass is 10.0. The summed E-state index contributed by atoms with van der Waals surface area (Å²) in [5, 5.41) is 0.265. The molecule has 2 nitrogen and oxygen atoms in total. The van der Waals surface area contributed by atoms with Gasteiger partial charge in [0.05, 0.1) is 5.02 Å². The number of carbonyl (C=O) groups excluding carboxylic acids is 1. The first-order valence-electron chi connectivity index (χ1n) is 5.35. The third-order valence-electron chi connectivity index (χ3n) is 2.67. The molecule has 0 saturated heterocycles. The summed E-state index contributed by atoms with van der Waals surface area (Å²) in [5.41, 5.74) is 7.11. The molecule has 0 unspecified atom stereocenters. The number of halogens is 2. The molecule has 0 bridgehead atoms. The van der Waals surface area contributed by atoms with Gasteiger partial charge in [0, 0.05) is 16.8 Å². The fourth-order valence-electron chi connectivity index (χ4n) is 1.61. The van der Waals surface area contributed by atoms with Gasteiger partial charge in [-0.3, -0.25) is 4.79 Å². The van der Waals surface area contributed by atoms with Gasteiger partial charge in [-0.1, -0.05) is 23.7 Å². The average Bonchev–Trinajstić information content (AvgIpc) is 2.32. The molecule has 2 N–H and O–H groups in total. The van der Waals surface area contributed by atoms with Crippen LogP contribution in [-0.4, -0.2) is 5.78 Å². The second-order valence-corrected chi connectivity index (χ2v) is 4.44. The smallest absolute Gasteiger partial charge is 0.194 e. The monoisotopic (exact) mass is 263 g/mol. The van der Waals surface area contributed by atoms with E-state index in [1.165, 1.54) is 18.2 Å². The maximum Gasteiger partial charge on any atom is 0.194 e. The summed E-state index contributed by atoms with van der Waals surface area (Å²) in [6, 6.07) is 8.98. The zero-order valence-corrected chi connectivity index (χ0v) is 10.5. The van der Waals surface area contributed by atoms with E-state index < -0.39 is 5.82 Å². The van der Waals surface area contributed by atoms with Gasteiger partial charge in [0.1, 0.15) is 5.82 Å². The highest BCUT2D eigenvalue weighted by Crippen LogP contribution is 2.22. The number of nitrogens with two attached hydrogens (primary N) is 1. The van der Waals surface area contributed by atoms with Crippen LogP contribution >= 0.6 is 11.6 Å². The van der Waals surface area contributed by atoms with Crippen LogP contribution in [0.2, 0.25) is 5.02 Å². The summed E-state index contributed by atoms with van der Waals surface area (Å²) in [5.74, 6) is -0.730. The molecule has 2 aromatic rings. The van der Waals surface area contributed by atoms with E-state index in [4.69, 9.17) is 17.3 Å². The van der Waals surface area contributed by atoms with Gasteiger partial charge in [-0.15, -0.1) is 0 Å². The Balaban J connectivity index is 2.44. The van der Waals surface area contributed by atoms with Crippen molar-refractivity contribution in [3.8, 4) is 0 Å². The summed E-state index contributed by atoms with van der Waals surface area (Å²) in [6.45, 7) is 1.64. The number of benzene rings is 2. The molecule has 0 aliphatic carbocycles. The first-order valence-corrected chi connectivity index (χ1v) is 5.72. The van der Waals surface area contributed by atoms with Crippen LogP contribution in [-0.2, 0) is 0 Å². The fraction of sp³-hybridized carbons (Fsp3) is 0.0714. The van der Waals surface area contributed by atoms with Gasteiger partial charge in [-0.25, -0.2) is 4.39 Å². The molecule has 0 fully saturated rings. The Kier molecular flexibility index (Phi) is 3.34. The Morgan fingerprint density at radius 3 is 2.56 bits per heavy atom. The molecule has 2 rings (SSSR count). The molecule has 4 heteroatoms. The second kappa shape index (κ2) is 4.78. The molecular weight excluding hydrogens is 253 g/mol. The van der Waals surface area contributed by atoms with Crippen LogP contribution in [0.5, 0.6) is 0 Å². The Bertz CT molecular complexity index is 625. The van der Waals surface area contributed by atoms with Crippen LogP contribution < -0.4 is 5.73 Å². The van der Waals surface area contributed by atoms with Crippen molar-refractivity contribution in [1.29, 1.82) is 0 Å². The van der Waals surface area contributed by atoms with E-state index in [9.17, 15) is 9.18 Å². The van der Waals surface area contributed by atoms with Gasteiger partial charge < -0.3 is 5.73 Å². The number of nitrogen functional groups attached to an aromatic ring is 1. The SMILES string of the molecule is Cc1ccc(C(=O)c2ccc(N)cc2Cl)cc1F. The largest absolute Gasteiger partial charge is 0.399 e. The topological polar surface area (TPSA) is 43.1 Å². The maximum atomic E-state index is 13.4. The Labute approximate surface area is 109 Å². The van der Waals surface area contributed by atoms with E-state index in [0.29, 0.717) is 16.8 Å². The third-order valence-corrected chi connectivity index (χ3v) is 2.98. The molecule has 0 radical (unpaired) electrons. The lowest BCUT2D eigenvalue weighted by Gasteiger charge is -2.05. The van der Waals surface area contributed by atoms with Gasteiger partial charge in [0.15, 0.2) is 5.78 Å². The molecule has 0 atom stereocenters. The van der Waals surface area contributed by atoms with E-state index >= 15 is 0 Å². The fourth-order valence-corrected chi connectivity index (χ4v) is 1.88. The van der Waals surface area contributed by atoms with Crippen LogP contribution in [0, 0.1) is 12.7 Å². The molecule has 0 heterocycles. The number of aryl methyl sites for hydroxylation is 1. The van der Waals surface area contributed by atoms with Crippen molar-refractivity contribution in [3.63, 3.8) is 0 Å². The summed E-state index contributed by atoms with van der Waals surface area (Å²) in [4.78, 5) is 12.2. The Hall–Kier alpha value is -1.87. The van der Waals surface area contributed by atoms with Crippen LogP contribution in [0.4, 0.5) is 10.1 Å². The average molecular weight is 264 g/mol. The van der Waals surface area contributed by atoms with Crippen molar-refractivity contribution in [1.82, 2.24) is 0 Å². The van der Waals surface area contributed by atoms with Gasteiger partial charge in [-0.05, 0) is 36.8 Å². The van der Waals surface area contributed by atoms with E-state index in [-0.39, 0.29) is 16.4 Å². The normalized spacial score (nSPS) is 10.4. The van der Waals surface area contributed by atoms with Crippen molar-refractivity contribution in [2.24, 2.45) is 0 Å². The minimum absolute atomic E-state index is 0.265. The van der Waals surface area contributed by atoms with E-state index in [2.05, 4.69) is 0 Å². The van der Waals surface area contributed by atoms with E-state index in [0.717, 1.165) is 0 Å². The van der Waals surface area contributed by atoms with Crippen molar-refractivity contribution < 1.29 is 9.18 Å². The van der Waals surface area contributed by atoms with E-state index in [1.54, 1.807) is 25.1 Å². The Morgan fingerprint density at radius 2 is 1.94 bits per heavy atom.